The molecule has 3 aromatic carbocycles. The minimum Gasteiger partial charge on any atom is -1.00 e. The van der Waals surface area contributed by atoms with Gasteiger partial charge < -0.3 is 24.8 Å². The van der Waals surface area contributed by atoms with E-state index >= 15 is 0 Å². The molecule has 3 aromatic rings. The van der Waals surface area contributed by atoms with Gasteiger partial charge in [0, 0.05) is 0 Å². The predicted molar refractivity (Wildman–Crippen MR) is 135 cm³/mol. The Morgan fingerprint density at radius 3 is 1.74 bits per heavy atom. The number of benzene rings is 3. The first-order valence-corrected chi connectivity index (χ1v) is 15.8. The molecule has 0 aliphatic heterocycles. The van der Waals surface area contributed by atoms with Crippen LogP contribution in [0.1, 0.15) is 54.9 Å². The van der Waals surface area contributed by atoms with Gasteiger partial charge in [0.1, 0.15) is 0 Å². The maximum absolute atomic E-state index is 2.72. The van der Waals surface area contributed by atoms with Crippen LogP contribution in [0.3, 0.4) is 0 Å². The van der Waals surface area contributed by atoms with Gasteiger partial charge in [-0.05, 0) is 0 Å². The second-order valence-electron chi connectivity index (χ2n) is 10.3. The maximum atomic E-state index is 2.72. The molecule has 34 heavy (non-hydrogen) atoms. The molecule has 0 fully saturated rings. The van der Waals surface area contributed by atoms with Crippen molar-refractivity contribution in [3.8, 4) is 11.1 Å². The van der Waals surface area contributed by atoms with Gasteiger partial charge in [-0.2, -0.15) is 0 Å². The van der Waals surface area contributed by atoms with Gasteiger partial charge in [-0.3, -0.25) is 0 Å². The zero-order valence-electron chi connectivity index (χ0n) is 20.6. The smallest absolute Gasteiger partial charge is 1.00 e. The molecule has 0 saturated heterocycles. The van der Waals surface area contributed by atoms with E-state index in [4.69, 9.17) is 0 Å². The second kappa shape index (κ2) is 10.6. The van der Waals surface area contributed by atoms with Gasteiger partial charge in [0.2, 0.25) is 0 Å². The van der Waals surface area contributed by atoms with Crippen LogP contribution >= 0.6 is 0 Å². The van der Waals surface area contributed by atoms with E-state index in [-0.39, 0.29) is 30.2 Å². The van der Waals surface area contributed by atoms with Crippen molar-refractivity contribution in [1.29, 1.82) is 0 Å². The Morgan fingerprint density at radius 1 is 0.735 bits per heavy atom. The first kappa shape index (κ1) is 27.1. The first-order chi connectivity index (χ1) is 15.4. The van der Waals surface area contributed by atoms with Crippen LogP contribution in [0.15, 0.2) is 99.4 Å². The number of fused-ring (bicyclic) bond motifs is 3. The molecule has 0 heterocycles. The van der Waals surface area contributed by atoms with E-state index in [1.54, 1.807) is 25.6 Å². The summed E-state index contributed by atoms with van der Waals surface area (Å²) in [7, 11) is 0. The normalized spacial score (nSPS) is 17.0. The summed E-state index contributed by atoms with van der Waals surface area (Å²) in [5, 5.41) is 0. The molecule has 0 spiro atoms. The van der Waals surface area contributed by atoms with Gasteiger partial charge in [0.05, 0.1) is 0 Å². The predicted octanol–water partition coefficient (Wildman–Crippen LogP) is 2.13. The van der Waals surface area contributed by atoms with Crippen molar-refractivity contribution < 1.29 is 46.1 Å². The molecule has 0 aromatic heterocycles. The number of halogens is 2. The van der Waals surface area contributed by atoms with Crippen LogP contribution in [-0.2, 0) is 21.3 Å². The van der Waals surface area contributed by atoms with E-state index in [1.165, 1.54) is 16.7 Å². The molecule has 3 heteroatoms. The summed E-state index contributed by atoms with van der Waals surface area (Å²) < 4.78 is 5.03. The van der Waals surface area contributed by atoms with E-state index in [2.05, 4.69) is 123 Å². The summed E-state index contributed by atoms with van der Waals surface area (Å²) in [6, 6.07) is 29.4. The summed E-state index contributed by atoms with van der Waals surface area (Å²) in [6.45, 7) is 11.9. The van der Waals surface area contributed by atoms with Crippen LogP contribution in [0.2, 0.25) is 0 Å². The summed E-state index contributed by atoms with van der Waals surface area (Å²) in [6.07, 6.45) is 2.57. The third-order valence-corrected chi connectivity index (χ3v) is 15.3. The van der Waals surface area contributed by atoms with Crippen molar-refractivity contribution in [3.63, 3.8) is 0 Å². The molecule has 0 bridgehead atoms. The van der Waals surface area contributed by atoms with Crippen LogP contribution in [0, 0.1) is 11.3 Å². The molecule has 0 N–H and O–H groups in total. The van der Waals surface area contributed by atoms with Crippen LogP contribution < -0.4 is 24.8 Å². The summed E-state index contributed by atoms with van der Waals surface area (Å²) in [4.78, 5) is 0. The standard InChI is InChI=1S/C13H9.C11H17.C7H6.2ClH.Zr/c1-3-7-12-10(5-1)9-11-6-2-4-8-13(11)12;1-8-6-9(2)10(7-8)11(3,4)5;1-7-5-3-2-4-6-7;;;/h1-9H;7-8H,1-5H3;1-6H;2*1H;/q;;;;;+2/p-2. The van der Waals surface area contributed by atoms with Crippen LogP contribution in [0.5, 0.6) is 0 Å². The van der Waals surface area contributed by atoms with Crippen molar-refractivity contribution in [1.82, 2.24) is 0 Å². The van der Waals surface area contributed by atoms with Crippen molar-refractivity contribution in [2.45, 2.75) is 38.2 Å². The number of hydrogen-bond donors (Lipinski definition) is 0. The first-order valence-electron chi connectivity index (χ1n) is 11.7. The van der Waals surface area contributed by atoms with E-state index < -0.39 is 21.3 Å². The molecular formula is C31H32Cl2Zr. The average Bonchev–Trinajstić information content (AvgIpc) is 3.27. The van der Waals surface area contributed by atoms with Gasteiger partial charge in [-0.1, -0.05) is 0 Å². The fraction of sp³-hybridized carbons (Fsp3) is 0.258. The monoisotopic (exact) mass is 564 g/mol. The largest absolute Gasteiger partial charge is 1.00 e. The maximum Gasteiger partial charge on any atom is -1.00 e. The van der Waals surface area contributed by atoms with Crippen molar-refractivity contribution >= 4 is 3.71 Å². The molecule has 0 amide bonds. The minimum atomic E-state index is -2.34. The molecule has 2 aliphatic carbocycles. The zero-order chi connectivity index (χ0) is 22.5. The van der Waals surface area contributed by atoms with Crippen molar-refractivity contribution in [2.75, 3.05) is 0 Å². The van der Waals surface area contributed by atoms with Gasteiger partial charge in [-0.25, -0.2) is 0 Å². The Bertz CT molecular complexity index is 1230. The number of rotatable bonds is 3. The van der Waals surface area contributed by atoms with Gasteiger partial charge in [-0.15, -0.1) is 0 Å². The van der Waals surface area contributed by atoms with Crippen molar-refractivity contribution in [3.05, 3.63) is 116 Å². The third-order valence-electron chi connectivity index (χ3n) is 7.07. The Labute approximate surface area is 225 Å². The molecular weight excluding hydrogens is 534 g/mol. The molecule has 0 radical (unpaired) electrons. The summed E-state index contributed by atoms with van der Waals surface area (Å²) in [5.41, 5.74) is 10.7. The Kier molecular flexibility index (Phi) is 8.45. The molecule has 174 valence electrons. The van der Waals surface area contributed by atoms with E-state index in [0.717, 1.165) is 0 Å². The molecule has 2 aliphatic rings. The molecule has 0 saturated carbocycles. The molecule has 1 unspecified atom stereocenters. The Hall–Kier alpha value is -1.53. The van der Waals surface area contributed by atoms with Crippen LogP contribution in [0.25, 0.3) is 11.1 Å². The van der Waals surface area contributed by atoms with Gasteiger partial charge in [0.25, 0.3) is 0 Å². The summed E-state index contributed by atoms with van der Waals surface area (Å²) in [5.74, 6) is 0.526. The van der Waals surface area contributed by atoms with E-state index in [0.29, 0.717) is 9.54 Å². The number of allylic oxidation sites excluding steroid dienone is 4. The quantitative estimate of drug-likeness (QED) is 0.456. The second-order valence-corrected chi connectivity index (χ2v) is 16.0. The Morgan fingerprint density at radius 2 is 1.24 bits per heavy atom. The average molecular weight is 567 g/mol. The zero-order valence-corrected chi connectivity index (χ0v) is 24.5. The van der Waals surface area contributed by atoms with Gasteiger partial charge in [0.15, 0.2) is 0 Å². The van der Waals surface area contributed by atoms with E-state index in [9.17, 15) is 0 Å². The minimum absolute atomic E-state index is 0. The molecule has 5 rings (SSSR count). The van der Waals surface area contributed by atoms with Crippen molar-refractivity contribution in [2.24, 2.45) is 11.3 Å². The third kappa shape index (κ3) is 4.77. The van der Waals surface area contributed by atoms with Crippen LogP contribution in [0.4, 0.5) is 0 Å². The Balaban J connectivity index is 0.00000162. The van der Waals surface area contributed by atoms with Crippen LogP contribution in [-0.4, -0.2) is 3.71 Å². The van der Waals surface area contributed by atoms with E-state index in [1.807, 2.05) is 0 Å². The topological polar surface area (TPSA) is 0 Å². The molecule has 1 atom stereocenters. The fourth-order valence-corrected chi connectivity index (χ4v) is 14.5. The fourth-order valence-electron chi connectivity index (χ4n) is 5.77. The molecule has 0 nitrogen and oxygen atoms in total. The SMILES string of the molecule is CC1=[C](/[Zr+2](=[CH]/c2ccccc2)[CH]2c3ccccc3-c3ccccc32)C(C)C=C1C(C)(C)C.[Cl-].[Cl-]. The number of hydrogen-bond acceptors (Lipinski definition) is 0. The van der Waals surface area contributed by atoms with Gasteiger partial charge >= 0.3 is 202 Å². The summed E-state index contributed by atoms with van der Waals surface area (Å²) >= 11 is -2.34.